The van der Waals surface area contributed by atoms with E-state index in [2.05, 4.69) is 15.6 Å². The fraction of sp³-hybridized carbons (Fsp3) is 0.478. The van der Waals surface area contributed by atoms with Gasteiger partial charge in [0.2, 0.25) is 0 Å². The van der Waals surface area contributed by atoms with Crippen molar-refractivity contribution in [3.63, 3.8) is 0 Å². The van der Waals surface area contributed by atoms with Gasteiger partial charge in [0.05, 0.1) is 12.8 Å². The lowest BCUT2D eigenvalue weighted by atomic mass is 10.1. The Morgan fingerprint density at radius 1 is 1.10 bits per heavy atom. The molecule has 1 aromatic heterocycles. The summed E-state index contributed by atoms with van der Waals surface area (Å²) in [4.78, 5) is 18.8. The van der Waals surface area contributed by atoms with Gasteiger partial charge in [0.1, 0.15) is 12.4 Å². The van der Waals surface area contributed by atoms with Gasteiger partial charge in [-0.05, 0) is 57.0 Å². The number of hydrogen-bond donors (Lipinski definition) is 2. The summed E-state index contributed by atoms with van der Waals surface area (Å²) in [7, 11) is 0. The van der Waals surface area contributed by atoms with E-state index in [1.807, 2.05) is 62.1 Å². The largest absolute Gasteiger partial charge is 0.467 e. The molecule has 0 saturated heterocycles. The summed E-state index contributed by atoms with van der Waals surface area (Å²) < 4.78 is 10.8. The molecule has 0 atom stereocenters. The molecule has 0 radical (unpaired) electrons. The van der Waals surface area contributed by atoms with Crippen molar-refractivity contribution in [3.8, 4) is 0 Å². The minimum absolute atomic E-state index is 0.0688. The number of benzene rings is 1. The summed E-state index contributed by atoms with van der Waals surface area (Å²) >= 11 is 0. The number of rotatable bonds is 12. The zero-order valence-corrected chi connectivity index (χ0v) is 18.3. The Morgan fingerprint density at radius 3 is 2.50 bits per heavy atom. The molecule has 1 heterocycles. The van der Waals surface area contributed by atoms with E-state index in [9.17, 15) is 4.79 Å². The molecule has 0 aliphatic heterocycles. The monoisotopic (exact) mass is 414 g/mol. The van der Waals surface area contributed by atoms with Gasteiger partial charge in [0.25, 0.3) is 5.91 Å². The fourth-order valence-electron chi connectivity index (χ4n) is 2.91. The lowest BCUT2D eigenvalue weighted by molar-refractivity contribution is 0.0773. The standard InChI is InChI=1S/C23H34N4O3/c1-4-24-23(25-14-8-15-29-18-21-9-7-16-30-21)26-17-19-10-12-20(13-11-19)22(28)27(5-2)6-3/h7,9-13,16H,4-6,8,14-15,17-18H2,1-3H3,(H2,24,25,26). The van der Waals surface area contributed by atoms with E-state index in [0.717, 1.165) is 36.8 Å². The molecule has 7 nitrogen and oxygen atoms in total. The number of furan rings is 1. The average molecular weight is 415 g/mol. The molecule has 0 fully saturated rings. The van der Waals surface area contributed by atoms with Gasteiger partial charge in [0, 0.05) is 38.3 Å². The molecule has 0 aliphatic rings. The lowest BCUT2D eigenvalue weighted by Crippen LogP contribution is -2.38. The number of nitrogens with one attached hydrogen (secondary N) is 2. The Balaban J connectivity index is 1.76. The number of amides is 1. The Labute approximate surface area is 179 Å². The fourth-order valence-corrected chi connectivity index (χ4v) is 2.91. The molecule has 0 unspecified atom stereocenters. The van der Waals surface area contributed by atoms with E-state index < -0.39 is 0 Å². The Kier molecular flexibility index (Phi) is 10.5. The van der Waals surface area contributed by atoms with Gasteiger partial charge in [0.15, 0.2) is 5.96 Å². The maximum atomic E-state index is 12.4. The van der Waals surface area contributed by atoms with E-state index in [-0.39, 0.29) is 5.91 Å². The van der Waals surface area contributed by atoms with Gasteiger partial charge in [-0.25, -0.2) is 4.99 Å². The molecule has 2 rings (SSSR count). The van der Waals surface area contributed by atoms with Crippen LogP contribution in [0, 0.1) is 0 Å². The van der Waals surface area contributed by atoms with Crippen molar-refractivity contribution in [1.29, 1.82) is 0 Å². The van der Waals surface area contributed by atoms with Crippen LogP contribution >= 0.6 is 0 Å². The first kappa shape index (κ1) is 23.5. The normalized spacial score (nSPS) is 11.4. The Morgan fingerprint density at radius 2 is 1.87 bits per heavy atom. The van der Waals surface area contributed by atoms with Gasteiger partial charge in [-0.3, -0.25) is 4.79 Å². The lowest BCUT2D eigenvalue weighted by Gasteiger charge is -2.18. The van der Waals surface area contributed by atoms with E-state index in [0.29, 0.717) is 38.4 Å². The minimum atomic E-state index is 0.0688. The highest BCUT2D eigenvalue weighted by atomic mass is 16.5. The van der Waals surface area contributed by atoms with Gasteiger partial charge in [-0.2, -0.15) is 0 Å². The second kappa shape index (κ2) is 13.4. The molecule has 7 heteroatoms. The summed E-state index contributed by atoms with van der Waals surface area (Å²) in [5, 5.41) is 6.57. The maximum absolute atomic E-state index is 12.4. The van der Waals surface area contributed by atoms with Gasteiger partial charge < -0.3 is 24.7 Å². The van der Waals surface area contributed by atoms with Crippen LogP contribution in [-0.2, 0) is 17.9 Å². The van der Waals surface area contributed by atoms with Crippen molar-refractivity contribution < 1.29 is 13.9 Å². The molecule has 1 amide bonds. The van der Waals surface area contributed by atoms with Crippen molar-refractivity contribution >= 4 is 11.9 Å². The first-order chi connectivity index (χ1) is 14.7. The molecule has 0 aliphatic carbocycles. The van der Waals surface area contributed by atoms with Crippen LogP contribution in [0.25, 0.3) is 0 Å². The summed E-state index contributed by atoms with van der Waals surface area (Å²) in [6.45, 7) is 10.7. The quantitative estimate of drug-likeness (QED) is 0.316. The number of nitrogens with zero attached hydrogens (tertiary/aromatic N) is 2. The molecule has 30 heavy (non-hydrogen) atoms. The highest BCUT2D eigenvalue weighted by molar-refractivity contribution is 5.94. The van der Waals surface area contributed by atoms with E-state index >= 15 is 0 Å². The van der Waals surface area contributed by atoms with Crippen molar-refractivity contribution in [3.05, 3.63) is 59.5 Å². The van der Waals surface area contributed by atoms with Crippen LogP contribution in [0.5, 0.6) is 0 Å². The highest BCUT2D eigenvalue weighted by Gasteiger charge is 2.11. The van der Waals surface area contributed by atoms with Crippen LogP contribution in [0.3, 0.4) is 0 Å². The van der Waals surface area contributed by atoms with Crippen molar-refractivity contribution in [2.75, 3.05) is 32.8 Å². The second-order valence-corrected chi connectivity index (χ2v) is 6.78. The average Bonchev–Trinajstić information content (AvgIpc) is 3.29. The molecular weight excluding hydrogens is 380 g/mol. The second-order valence-electron chi connectivity index (χ2n) is 6.78. The van der Waals surface area contributed by atoms with Crippen LogP contribution < -0.4 is 10.6 Å². The number of ether oxygens (including phenoxy) is 1. The minimum Gasteiger partial charge on any atom is -0.467 e. The third-order valence-electron chi connectivity index (χ3n) is 4.60. The number of hydrogen-bond acceptors (Lipinski definition) is 4. The van der Waals surface area contributed by atoms with Crippen molar-refractivity contribution in [1.82, 2.24) is 15.5 Å². The highest BCUT2D eigenvalue weighted by Crippen LogP contribution is 2.09. The van der Waals surface area contributed by atoms with E-state index in [1.54, 1.807) is 6.26 Å². The van der Waals surface area contributed by atoms with Gasteiger partial charge in [-0.1, -0.05) is 12.1 Å². The number of carbonyl (C=O) groups is 1. The zero-order valence-electron chi connectivity index (χ0n) is 18.3. The summed E-state index contributed by atoms with van der Waals surface area (Å²) in [5.41, 5.74) is 1.77. The predicted octanol–water partition coefficient (Wildman–Crippen LogP) is 3.42. The Hall–Kier alpha value is -2.80. The number of guanidine groups is 1. The van der Waals surface area contributed by atoms with Gasteiger partial charge >= 0.3 is 0 Å². The molecule has 1 aromatic carbocycles. The van der Waals surface area contributed by atoms with Crippen LogP contribution in [0.2, 0.25) is 0 Å². The summed E-state index contributed by atoms with van der Waals surface area (Å²) in [6.07, 6.45) is 2.52. The Bertz CT molecular complexity index is 753. The molecule has 164 valence electrons. The third kappa shape index (κ3) is 7.91. The smallest absolute Gasteiger partial charge is 0.253 e. The van der Waals surface area contributed by atoms with Gasteiger partial charge in [-0.15, -0.1) is 0 Å². The molecular formula is C23H34N4O3. The van der Waals surface area contributed by atoms with Crippen LogP contribution in [-0.4, -0.2) is 49.6 Å². The van der Waals surface area contributed by atoms with Crippen molar-refractivity contribution in [2.24, 2.45) is 4.99 Å². The van der Waals surface area contributed by atoms with Crippen LogP contribution in [0.4, 0.5) is 0 Å². The van der Waals surface area contributed by atoms with Crippen LogP contribution in [0.15, 0.2) is 52.1 Å². The molecule has 0 spiro atoms. The molecule has 0 bridgehead atoms. The molecule has 2 N–H and O–H groups in total. The first-order valence-electron chi connectivity index (χ1n) is 10.7. The SMILES string of the molecule is CCNC(=NCc1ccc(C(=O)N(CC)CC)cc1)NCCCOCc1ccco1. The summed E-state index contributed by atoms with van der Waals surface area (Å²) in [5.74, 6) is 1.67. The number of carbonyl (C=O) groups excluding carboxylic acids is 1. The molecule has 2 aromatic rings. The molecule has 0 saturated carbocycles. The van der Waals surface area contributed by atoms with Crippen molar-refractivity contribution in [2.45, 2.75) is 40.3 Å². The van der Waals surface area contributed by atoms with Crippen LogP contribution in [0.1, 0.15) is 48.9 Å². The first-order valence-corrected chi connectivity index (χ1v) is 10.7. The number of aliphatic imine (C=N–C) groups is 1. The van der Waals surface area contributed by atoms with E-state index in [1.165, 1.54) is 0 Å². The predicted molar refractivity (Wildman–Crippen MR) is 119 cm³/mol. The maximum Gasteiger partial charge on any atom is 0.253 e. The van der Waals surface area contributed by atoms with E-state index in [4.69, 9.17) is 9.15 Å². The third-order valence-corrected chi connectivity index (χ3v) is 4.60. The zero-order chi connectivity index (χ0) is 21.6. The topological polar surface area (TPSA) is 79.1 Å². The summed E-state index contributed by atoms with van der Waals surface area (Å²) in [6, 6.07) is 11.4.